The van der Waals surface area contributed by atoms with E-state index < -0.39 is 34.6 Å². The maximum atomic E-state index is 12.5. The lowest BCUT2D eigenvalue weighted by molar-refractivity contribution is -0.384. The number of carbonyl (C=O) groups is 2. The van der Waals surface area contributed by atoms with Crippen molar-refractivity contribution in [3.8, 4) is 0 Å². The molecule has 0 aliphatic carbocycles. The number of hydrogen-bond donors (Lipinski definition) is 1. The highest BCUT2D eigenvalue weighted by Crippen LogP contribution is 2.29. The fourth-order valence-corrected chi connectivity index (χ4v) is 2.16. The second-order valence-electron chi connectivity index (χ2n) is 5.83. The number of anilines is 1. The molecule has 29 heavy (non-hydrogen) atoms. The summed E-state index contributed by atoms with van der Waals surface area (Å²) < 4.78 is 42.5. The quantitative estimate of drug-likeness (QED) is 0.334. The number of halogens is 3. The van der Waals surface area contributed by atoms with Gasteiger partial charge in [0.05, 0.1) is 10.5 Å². The number of amides is 1. The molecule has 1 N–H and O–H groups in total. The average molecular weight is 408 g/mol. The Balaban J connectivity index is 1.92. The van der Waals surface area contributed by atoms with Crippen molar-refractivity contribution in [3.63, 3.8) is 0 Å². The largest absolute Gasteiger partial charge is 0.449 e. The van der Waals surface area contributed by atoms with Crippen LogP contribution in [0.5, 0.6) is 0 Å². The van der Waals surface area contributed by atoms with Crippen molar-refractivity contribution < 1.29 is 32.4 Å². The molecule has 152 valence electrons. The van der Waals surface area contributed by atoms with E-state index >= 15 is 0 Å². The second kappa shape index (κ2) is 9.00. The summed E-state index contributed by atoms with van der Waals surface area (Å²) in [4.78, 5) is 34.0. The minimum Gasteiger partial charge on any atom is -0.449 e. The van der Waals surface area contributed by atoms with Gasteiger partial charge in [0.15, 0.2) is 6.10 Å². The Morgan fingerprint density at radius 1 is 1.17 bits per heavy atom. The molecule has 2 rings (SSSR count). The Morgan fingerprint density at radius 3 is 2.41 bits per heavy atom. The number of hydrogen-bond acceptors (Lipinski definition) is 5. The summed E-state index contributed by atoms with van der Waals surface area (Å²) in [6.07, 6.45) is -3.42. The monoisotopic (exact) mass is 408 g/mol. The summed E-state index contributed by atoms with van der Waals surface area (Å²) in [6, 6.07) is 9.33. The Morgan fingerprint density at radius 2 is 1.83 bits per heavy atom. The molecule has 1 amide bonds. The maximum absolute atomic E-state index is 12.5. The summed E-state index contributed by atoms with van der Waals surface area (Å²) in [5.41, 5.74) is -0.512. The average Bonchev–Trinajstić information content (AvgIpc) is 2.66. The van der Waals surface area contributed by atoms with E-state index in [0.29, 0.717) is 5.56 Å². The van der Waals surface area contributed by atoms with Gasteiger partial charge in [0.25, 0.3) is 11.6 Å². The van der Waals surface area contributed by atoms with Crippen LogP contribution in [-0.4, -0.2) is 22.9 Å². The number of nitro groups is 1. The molecule has 10 heteroatoms. The first-order chi connectivity index (χ1) is 13.6. The fourth-order valence-electron chi connectivity index (χ4n) is 2.16. The first kappa shape index (κ1) is 21.6. The summed E-state index contributed by atoms with van der Waals surface area (Å²) in [5, 5.41) is 13.1. The van der Waals surface area contributed by atoms with Crippen molar-refractivity contribution in [2.24, 2.45) is 0 Å². The highest BCUT2D eigenvalue weighted by atomic mass is 19.4. The molecule has 0 aliphatic heterocycles. The summed E-state index contributed by atoms with van der Waals surface area (Å²) >= 11 is 0. The van der Waals surface area contributed by atoms with E-state index in [4.69, 9.17) is 4.74 Å². The van der Waals surface area contributed by atoms with Gasteiger partial charge in [0.1, 0.15) is 0 Å². The first-order valence-corrected chi connectivity index (χ1v) is 8.17. The first-order valence-electron chi connectivity index (χ1n) is 8.17. The van der Waals surface area contributed by atoms with Gasteiger partial charge in [-0.15, -0.1) is 0 Å². The van der Waals surface area contributed by atoms with E-state index in [0.717, 1.165) is 30.3 Å². The van der Waals surface area contributed by atoms with Crippen LogP contribution < -0.4 is 5.32 Å². The molecular formula is C19H15F3N2O5. The van der Waals surface area contributed by atoms with E-state index in [-0.39, 0.29) is 11.4 Å². The van der Waals surface area contributed by atoms with Crippen LogP contribution in [0.25, 0.3) is 6.08 Å². The molecule has 0 fully saturated rings. The Kier molecular flexibility index (Phi) is 6.71. The molecular weight excluding hydrogens is 393 g/mol. The van der Waals surface area contributed by atoms with Crippen LogP contribution in [0.3, 0.4) is 0 Å². The number of esters is 1. The molecule has 0 saturated heterocycles. The van der Waals surface area contributed by atoms with Crippen LogP contribution in [-0.2, 0) is 20.5 Å². The Hall–Kier alpha value is -3.69. The predicted octanol–water partition coefficient (Wildman–Crippen LogP) is 4.20. The minimum atomic E-state index is -4.49. The zero-order valence-electron chi connectivity index (χ0n) is 15.0. The smallest absolute Gasteiger partial charge is 0.416 e. The topological polar surface area (TPSA) is 98.5 Å². The minimum absolute atomic E-state index is 0.109. The third-order valence-corrected chi connectivity index (χ3v) is 3.63. The zero-order valence-corrected chi connectivity index (χ0v) is 15.0. The van der Waals surface area contributed by atoms with Gasteiger partial charge >= 0.3 is 12.1 Å². The van der Waals surface area contributed by atoms with Crippen LogP contribution in [0.1, 0.15) is 18.1 Å². The number of alkyl halides is 3. The van der Waals surface area contributed by atoms with Crippen molar-refractivity contribution in [3.05, 3.63) is 75.8 Å². The van der Waals surface area contributed by atoms with E-state index in [1.807, 2.05) is 0 Å². The maximum Gasteiger partial charge on any atom is 0.416 e. The molecule has 0 aliphatic rings. The lowest BCUT2D eigenvalue weighted by Crippen LogP contribution is -2.29. The van der Waals surface area contributed by atoms with Gasteiger partial charge in [-0.25, -0.2) is 4.79 Å². The summed E-state index contributed by atoms with van der Waals surface area (Å²) in [6.45, 7) is 1.29. The number of rotatable bonds is 6. The Bertz CT molecular complexity index is 940. The molecule has 0 saturated carbocycles. The van der Waals surface area contributed by atoms with Crippen LogP contribution in [0.4, 0.5) is 24.5 Å². The van der Waals surface area contributed by atoms with Crippen molar-refractivity contribution in [2.45, 2.75) is 19.2 Å². The number of benzene rings is 2. The van der Waals surface area contributed by atoms with Crippen molar-refractivity contribution in [2.75, 3.05) is 5.32 Å². The zero-order chi connectivity index (χ0) is 21.6. The van der Waals surface area contributed by atoms with Crippen LogP contribution in [0.15, 0.2) is 54.6 Å². The molecule has 1 atom stereocenters. The van der Waals surface area contributed by atoms with Crippen LogP contribution in [0.2, 0.25) is 0 Å². The standard InChI is InChI=1S/C19H15F3N2O5/c1-12(18(26)23-15-8-6-14(7-9-15)19(20,21)22)29-17(25)10-5-13-3-2-4-16(11-13)24(27)28/h2-12H,1H3,(H,23,26)/b10-5+/t12-/m1/s1. The van der Waals surface area contributed by atoms with E-state index in [9.17, 15) is 32.9 Å². The Labute approximate surface area is 162 Å². The van der Waals surface area contributed by atoms with E-state index in [1.54, 1.807) is 0 Å². The molecule has 0 bridgehead atoms. The fraction of sp³-hybridized carbons (Fsp3) is 0.158. The number of nitrogens with zero attached hydrogens (tertiary/aromatic N) is 1. The summed E-state index contributed by atoms with van der Waals surface area (Å²) in [5.74, 6) is -1.60. The number of nitro benzene ring substituents is 1. The predicted molar refractivity (Wildman–Crippen MR) is 97.8 cm³/mol. The van der Waals surface area contributed by atoms with Gasteiger partial charge in [0, 0.05) is 23.9 Å². The molecule has 0 spiro atoms. The second-order valence-corrected chi connectivity index (χ2v) is 5.83. The molecule has 0 radical (unpaired) electrons. The normalized spacial score (nSPS) is 12.4. The van der Waals surface area contributed by atoms with Crippen molar-refractivity contribution >= 4 is 29.3 Å². The van der Waals surface area contributed by atoms with Gasteiger partial charge in [-0.1, -0.05) is 12.1 Å². The molecule has 0 heterocycles. The SMILES string of the molecule is C[C@@H](OC(=O)/C=C/c1cccc([N+](=O)[O-])c1)C(=O)Nc1ccc(C(F)(F)F)cc1. The highest BCUT2D eigenvalue weighted by Gasteiger charge is 2.30. The van der Waals surface area contributed by atoms with E-state index in [2.05, 4.69) is 5.32 Å². The van der Waals surface area contributed by atoms with Crippen molar-refractivity contribution in [1.29, 1.82) is 0 Å². The molecule has 0 aromatic heterocycles. The molecule has 7 nitrogen and oxygen atoms in total. The van der Waals surface area contributed by atoms with Gasteiger partial charge in [-0.05, 0) is 42.8 Å². The molecule has 2 aromatic carbocycles. The molecule has 2 aromatic rings. The van der Waals surface area contributed by atoms with Crippen LogP contribution >= 0.6 is 0 Å². The van der Waals surface area contributed by atoms with Gasteiger partial charge in [-0.3, -0.25) is 14.9 Å². The lowest BCUT2D eigenvalue weighted by Gasteiger charge is -2.13. The highest BCUT2D eigenvalue weighted by molar-refractivity contribution is 5.96. The van der Waals surface area contributed by atoms with Gasteiger partial charge in [0.2, 0.25) is 0 Å². The third kappa shape index (κ3) is 6.45. The van der Waals surface area contributed by atoms with E-state index in [1.165, 1.54) is 37.3 Å². The van der Waals surface area contributed by atoms with Gasteiger partial charge in [-0.2, -0.15) is 13.2 Å². The number of ether oxygens (including phenoxy) is 1. The van der Waals surface area contributed by atoms with Crippen molar-refractivity contribution in [1.82, 2.24) is 0 Å². The summed E-state index contributed by atoms with van der Waals surface area (Å²) in [7, 11) is 0. The number of carbonyl (C=O) groups excluding carboxylic acids is 2. The molecule has 0 unspecified atom stereocenters. The number of nitrogens with one attached hydrogen (secondary N) is 1. The van der Waals surface area contributed by atoms with Crippen LogP contribution in [0, 0.1) is 10.1 Å². The number of non-ortho nitro benzene ring substituents is 1. The van der Waals surface area contributed by atoms with Gasteiger partial charge < -0.3 is 10.1 Å². The third-order valence-electron chi connectivity index (χ3n) is 3.63. The lowest BCUT2D eigenvalue weighted by atomic mass is 10.2.